The summed E-state index contributed by atoms with van der Waals surface area (Å²) >= 11 is 0. The minimum absolute atomic E-state index is 0.103. The number of aliphatic hydroxyl groups is 1. The second-order valence-electron chi connectivity index (χ2n) is 5.72. The average Bonchev–Trinajstić information content (AvgIpc) is 2.46. The highest BCUT2D eigenvalue weighted by Gasteiger charge is 2.21. The van der Waals surface area contributed by atoms with Gasteiger partial charge in [0.25, 0.3) is 0 Å². The lowest BCUT2D eigenvalue weighted by molar-refractivity contribution is 0.288. The molecule has 0 spiro atoms. The molecular formula is C17H29FN2O. The summed E-state index contributed by atoms with van der Waals surface area (Å²) in [6.07, 6.45) is 1.69. The van der Waals surface area contributed by atoms with Gasteiger partial charge in [0.05, 0.1) is 5.69 Å². The van der Waals surface area contributed by atoms with Crippen molar-refractivity contribution in [1.29, 1.82) is 0 Å². The van der Waals surface area contributed by atoms with Crippen molar-refractivity contribution >= 4 is 5.69 Å². The van der Waals surface area contributed by atoms with Gasteiger partial charge in [0, 0.05) is 25.2 Å². The van der Waals surface area contributed by atoms with Crippen molar-refractivity contribution < 1.29 is 9.50 Å². The highest BCUT2D eigenvalue weighted by Crippen LogP contribution is 2.31. The van der Waals surface area contributed by atoms with Crippen molar-refractivity contribution in [2.75, 3.05) is 24.6 Å². The van der Waals surface area contributed by atoms with E-state index in [1.807, 2.05) is 11.0 Å². The van der Waals surface area contributed by atoms with E-state index in [-0.39, 0.29) is 24.5 Å². The van der Waals surface area contributed by atoms with Gasteiger partial charge >= 0.3 is 0 Å². The molecule has 0 heterocycles. The predicted octanol–water partition coefficient (Wildman–Crippen LogP) is 3.48. The molecule has 0 saturated heterocycles. The molecule has 0 bridgehead atoms. The van der Waals surface area contributed by atoms with Gasteiger partial charge in [0.1, 0.15) is 5.82 Å². The minimum atomic E-state index is -0.190. The van der Waals surface area contributed by atoms with E-state index in [0.717, 1.165) is 18.5 Å². The van der Waals surface area contributed by atoms with Crippen molar-refractivity contribution in [2.24, 2.45) is 0 Å². The summed E-state index contributed by atoms with van der Waals surface area (Å²) in [5, 5.41) is 12.5. The van der Waals surface area contributed by atoms with Crippen LogP contribution in [0.4, 0.5) is 10.1 Å². The van der Waals surface area contributed by atoms with Gasteiger partial charge in [-0.3, -0.25) is 0 Å². The molecule has 0 aliphatic heterocycles. The number of hydrogen-bond acceptors (Lipinski definition) is 3. The standard InChI is InChI=1S/C17H29FN2O/c1-5-10-19-14(4)15-8-6-9-16(18)17(15)20(13(2)3)11-7-12-21/h6,8-9,13-14,19,21H,5,7,10-12H2,1-4H3. The first-order chi connectivity index (χ1) is 10.0. The van der Waals surface area contributed by atoms with E-state index in [0.29, 0.717) is 18.7 Å². The third kappa shape index (κ3) is 4.97. The summed E-state index contributed by atoms with van der Waals surface area (Å²) < 4.78 is 14.4. The summed E-state index contributed by atoms with van der Waals surface area (Å²) in [6.45, 7) is 9.98. The number of nitrogens with zero attached hydrogens (tertiary/aromatic N) is 1. The third-order valence-corrected chi connectivity index (χ3v) is 3.65. The molecule has 1 rings (SSSR count). The Morgan fingerprint density at radius 1 is 1.29 bits per heavy atom. The molecule has 3 nitrogen and oxygen atoms in total. The van der Waals surface area contributed by atoms with E-state index in [9.17, 15) is 4.39 Å². The quantitative estimate of drug-likeness (QED) is 0.732. The zero-order valence-electron chi connectivity index (χ0n) is 13.7. The van der Waals surface area contributed by atoms with Gasteiger partial charge in [-0.2, -0.15) is 0 Å². The Kier molecular flexibility index (Phi) is 7.68. The topological polar surface area (TPSA) is 35.5 Å². The smallest absolute Gasteiger partial charge is 0.146 e. The van der Waals surface area contributed by atoms with E-state index in [4.69, 9.17) is 5.11 Å². The number of nitrogens with one attached hydrogen (secondary N) is 1. The van der Waals surface area contributed by atoms with Crippen LogP contribution in [0.15, 0.2) is 18.2 Å². The predicted molar refractivity (Wildman–Crippen MR) is 87.3 cm³/mol. The van der Waals surface area contributed by atoms with Crippen molar-refractivity contribution in [3.05, 3.63) is 29.6 Å². The molecule has 1 atom stereocenters. The van der Waals surface area contributed by atoms with Crippen LogP contribution >= 0.6 is 0 Å². The molecule has 0 aromatic heterocycles. The van der Waals surface area contributed by atoms with Crippen molar-refractivity contribution in [1.82, 2.24) is 5.32 Å². The molecule has 2 N–H and O–H groups in total. The summed E-state index contributed by atoms with van der Waals surface area (Å²) in [5.74, 6) is -0.190. The first kappa shape index (κ1) is 17.9. The number of hydrogen-bond donors (Lipinski definition) is 2. The van der Waals surface area contributed by atoms with Gasteiger partial charge in [-0.1, -0.05) is 19.1 Å². The first-order valence-corrected chi connectivity index (χ1v) is 7.92. The molecule has 0 saturated carbocycles. The monoisotopic (exact) mass is 296 g/mol. The van der Waals surface area contributed by atoms with Gasteiger partial charge in [-0.15, -0.1) is 0 Å². The lowest BCUT2D eigenvalue weighted by Gasteiger charge is -2.32. The molecule has 0 amide bonds. The second-order valence-corrected chi connectivity index (χ2v) is 5.72. The SMILES string of the molecule is CCCNC(C)c1cccc(F)c1N(CCCO)C(C)C. The zero-order chi connectivity index (χ0) is 15.8. The number of para-hydroxylation sites is 1. The lowest BCUT2D eigenvalue weighted by Crippen LogP contribution is -2.35. The van der Waals surface area contributed by atoms with Crippen LogP contribution in [0.2, 0.25) is 0 Å². The van der Waals surface area contributed by atoms with Gasteiger partial charge < -0.3 is 15.3 Å². The van der Waals surface area contributed by atoms with E-state index >= 15 is 0 Å². The van der Waals surface area contributed by atoms with Crippen molar-refractivity contribution in [3.63, 3.8) is 0 Å². The highest BCUT2D eigenvalue weighted by molar-refractivity contribution is 5.56. The fourth-order valence-corrected chi connectivity index (χ4v) is 2.52. The largest absolute Gasteiger partial charge is 0.396 e. The van der Waals surface area contributed by atoms with Crippen LogP contribution in [-0.2, 0) is 0 Å². The number of benzene rings is 1. The Labute approximate surface area is 128 Å². The Morgan fingerprint density at radius 2 is 2.00 bits per heavy atom. The molecule has 0 aliphatic rings. The number of halogens is 1. The Bertz CT molecular complexity index is 423. The van der Waals surface area contributed by atoms with Gasteiger partial charge in [-0.05, 0) is 51.8 Å². The number of aliphatic hydroxyl groups excluding tert-OH is 1. The number of anilines is 1. The summed E-state index contributed by atoms with van der Waals surface area (Å²) in [5.41, 5.74) is 1.65. The van der Waals surface area contributed by atoms with Crippen LogP contribution in [0.3, 0.4) is 0 Å². The van der Waals surface area contributed by atoms with Gasteiger partial charge in [-0.25, -0.2) is 4.39 Å². The van der Waals surface area contributed by atoms with Gasteiger partial charge in [0.15, 0.2) is 0 Å². The molecular weight excluding hydrogens is 267 g/mol. The molecule has 4 heteroatoms. The van der Waals surface area contributed by atoms with Crippen LogP contribution in [0, 0.1) is 5.82 Å². The normalized spacial score (nSPS) is 12.7. The average molecular weight is 296 g/mol. The van der Waals surface area contributed by atoms with Crippen molar-refractivity contribution in [2.45, 2.75) is 52.6 Å². The first-order valence-electron chi connectivity index (χ1n) is 7.92. The van der Waals surface area contributed by atoms with Crippen LogP contribution in [-0.4, -0.2) is 30.8 Å². The van der Waals surface area contributed by atoms with Crippen molar-refractivity contribution in [3.8, 4) is 0 Å². The number of rotatable bonds is 9. The maximum atomic E-state index is 14.4. The van der Waals surface area contributed by atoms with Crippen LogP contribution in [0.1, 0.15) is 52.1 Å². The third-order valence-electron chi connectivity index (χ3n) is 3.65. The summed E-state index contributed by atoms with van der Waals surface area (Å²) in [4.78, 5) is 2.05. The Hall–Kier alpha value is -1.13. The maximum absolute atomic E-state index is 14.4. The molecule has 0 aliphatic carbocycles. The second kappa shape index (κ2) is 9.00. The zero-order valence-corrected chi connectivity index (χ0v) is 13.7. The van der Waals surface area contributed by atoms with Crippen LogP contribution in [0.25, 0.3) is 0 Å². The molecule has 21 heavy (non-hydrogen) atoms. The van der Waals surface area contributed by atoms with Crippen LogP contribution in [0.5, 0.6) is 0 Å². The molecule has 1 unspecified atom stereocenters. The fourth-order valence-electron chi connectivity index (χ4n) is 2.52. The lowest BCUT2D eigenvalue weighted by atomic mass is 10.0. The minimum Gasteiger partial charge on any atom is -0.396 e. The Morgan fingerprint density at radius 3 is 2.57 bits per heavy atom. The molecule has 1 aromatic rings. The molecule has 0 radical (unpaired) electrons. The summed E-state index contributed by atoms with van der Waals surface area (Å²) in [6, 6.07) is 5.55. The van der Waals surface area contributed by atoms with Crippen LogP contribution < -0.4 is 10.2 Å². The van der Waals surface area contributed by atoms with E-state index in [2.05, 4.69) is 33.0 Å². The fraction of sp³-hybridized carbons (Fsp3) is 0.647. The van der Waals surface area contributed by atoms with E-state index in [1.54, 1.807) is 6.07 Å². The molecule has 120 valence electrons. The molecule has 1 aromatic carbocycles. The maximum Gasteiger partial charge on any atom is 0.146 e. The summed E-state index contributed by atoms with van der Waals surface area (Å²) in [7, 11) is 0. The molecule has 0 fully saturated rings. The van der Waals surface area contributed by atoms with E-state index < -0.39 is 0 Å². The van der Waals surface area contributed by atoms with Gasteiger partial charge in [0.2, 0.25) is 0 Å². The van der Waals surface area contributed by atoms with E-state index in [1.165, 1.54) is 6.07 Å². The highest BCUT2D eigenvalue weighted by atomic mass is 19.1. The Balaban J connectivity index is 3.12.